The molecule has 0 aliphatic carbocycles. The SMILES string of the molecule is CCOC(=O)Cn1c(=NC(=O)c2ccc(Br)s2)sc2cc(OCC)ccc21. The van der Waals surface area contributed by atoms with Crippen LogP contribution in [0.1, 0.15) is 23.5 Å². The lowest BCUT2D eigenvalue weighted by molar-refractivity contribution is -0.143. The van der Waals surface area contributed by atoms with E-state index in [9.17, 15) is 9.59 Å². The van der Waals surface area contributed by atoms with Crippen LogP contribution in [-0.4, -0.2) is 29.7 Å². The van der Waals surface area contributed by atoms with Crippen LogP contribution >= 0.6 is 38.6 Å². The summed E-state index contributed by atoms with van der Waals surface area (Å²) in [6.07, 6.45) is 0. The first-order chi connectivity index (χ1) is 13.0. The second-order valence-electron chi connectivity index (χ2n) is 5.36. The third-order valence-corrected chi connectivity index (χ3v) is 6.19. The summed E-state index contributed by atoms with van der Waals surface area (Å²) in [6, 6.07) is 9.11. The topological polar surface area (TPSA) is 69.9 Å². The van der Waals surface area contributed by atoms with E-state index >= 15 is 0 Å². The predicted molar refractivity (Wildman–Crippen MR) is 110 cm³/mol. The van der Waals surface area contributed by atoms with E-state index in [-0.39, 0.29) is 18.4 Å². The lowest BCUT2D eigenvalue weighted by atomic mass is 10.3. The number of aromatic nitrogens is 1. The van der Waals surface area contributed by atoms with Gasteiger partial charge in [0.05, 0.1) is 32.1 Å². The summed E-state index contributed by atoms with van der Waals surface area (Å²) in [5.41, 5.74) is 0.801. The molecule has 2 heterocycles. The minimum Gasteiger partial charge on any atom is -0.494 e. The maximum absolute atomic E-state index is 12.5. The van der Waals surface area contributed by atoms with E-state index in [0.717, 1.165) is 19.8 Å². The molecule has 0 aliphatic heterocycles. The van der Waals surface area contributed by atoms with Crippen LogP contribution in [0.5, 0.6) is 5.75 Å². The van der Waals surface area contributed by atoms with Crippen molar-refractivity contribution >= 4 is 60.7 Å². The average Bonchev–Trinajstić information content (AvgIpc) is 3.19. The van der Waals surface area contributed by atoms with E-state index in [1.165, 1.54) is 22.7 Å². The maximum atomic E-state index is 12.5. The van der Waals surface area contributed by atoms with Gasteiger partial charge in [-0.3, -0.25) is 9.59 Å². The minimum absolute atomic E-state index is 0.0118. The number of hydrogen-bond acceptors (Lipinski definition) is 6. The van der Waals surface area contributed by atoms with Gasteiger partial charge < -0.3 is 14.0 Å². The largest absolute Gasteiger partial charge is 0.494 e. The lowest BCUT2D eigenvalue weighted by Gasteiger charge is -2.06. The molecule has 1 amide bonds. The molecule has 6 nitrogen and oxygen atoms in total. The first-order valence-corrected chi connectivity index (χ1v) is 10.7. The predicted octanol–water partition coefficient (Wildman–Crippen LogP) is 4.23. The number of carbonyl (C=O) groups is 2. The van der Waals surface area contributed by atoms with Gasteiger partial charge in [0.15, 0.2) is 4.80 Å². The van der Waals surface area contributed by atoms with Crippen molar-refractivity contribution in [1.82, 2.24) is 4.57 Å². The van der Waals surface area contributed by atoms with Crippen molar-refractivity contribution in [2.24, 2.45) is 4.99 Å². The number of fused-ring (bicyclic) bond motifs is 1. The van der Waals surface area contributed by atoms with Gasteiger partial charge in [0, 0.05) is 0 Å². The minimum atomic E-state index is -0.376. The summed E-state index contributed by atoms with van der Waals surface area (Å²) in [6.45, 7) is 4.51. The number of nitrogens with zero attached hydrogens (tertiary/aromatic N) is 2. The van der Waals surface area contributed by atoms with Crippen LogP contribution in [-0.2, 0) is 16.1 Å². The van der Waals surface area contributed by atoms with E-state index in [4.69, 9.17) is 9.47 Å². The number of carbonyl (C=O) groups excluding carboxylic acids is 2. The Morgan fingerprint density at radius 2 is 1.96 bits per heavy atom. The summed E-state index contributed by atoms with van der Waals surface area (Å²) in [7, 11) is 0. The number of esters is 1. The maximum Gasteiger partial charge on any atom is 0.326 e. The van der Waals surface area contributed by atoms with Crippen LogP contribution in [0.15, 0.2) is 39.1 Å². The smallest absolute Gasteiger partial charge is 0.326 e. The Morgan fingerprint density at radius 1 is 1.15 bits per heavy atom. The molecule has 0 aliphatic rings. The van der Waals surface area contributed by atoms with Crippen LogP contribution in [0.25, 0.3) is 10.2 Å². The number of ether oxygens (including phenoxy) is 2. The molecule has 3 aromatic rings. The normalized spacial score (nSPS) is 11.7. The molecule has 0 radical (unpaired) electrons. The molecule has 0 fully saturated rings. The van der Waals surface area contributed by atoms with Crippen molar-refractivity contribution in [3.05, 3.63) is 43.8 Å². The summed E-state index contributed by atoms with van der Waals surface area (Å²) in [4.78, 5) is 29.8. The molecule has 0 bridgehead atoms. The third kappa shape index (κ3) is 4.66. The highest BCUT2D eigenvalue weighted by Crippen LogP contribution is 2.25. The highest BCUT2D eigenvalue weighted by Gasteiger charge is 2.14. The Balaban J connectivity index is 2.09. The number of thiazole rings is 1. The highest BCUT2D eigenvalue weighted by molar-refractivity contribution is 9.11. The number of halogens is 1. The number of benzene rings is 1. The number of thiophene rings is 1. The third-order valence-electron chi connectivity index (χ3n) is 3.54. The van der Waals surface area contributed by atoms with Gasteiger partial charge in [-0.1, -0.05) is 11.3 Å². The van der Waals surface area contributed by atoms with Gasteiger partial charge in [-0.05, 0) is 60.1 Å². The zero-order valence-electron chi connectivity index (χ0n) is 14.7. The number of amides is 1. The molecule has 142 valence electrons. The molecular formula is C18H17BrN2O4S2. The molecule has 0 N–H and O–H groups in total. The molecule has 3 rings (SSSR count). The Hall–Kier alpha value is -1.97. The Kier molecular flexibility index (Phi) is 6.46. The van der Waals surface area contributed by atoms with Crippen molar-refractivity contribution < 1.29 is 19.1 Å². The fraction of sp³-hybridized carbons (Fsp3) is 0.278. The van der Waals surface area contributed by atoms with Gasteiger partial charge in [0.2, 0.25) is 0 Å². The van der Waals surface area contributed by atoms with Crippen molar-refractivity contribution in [3.8, 4) is 5.75 Å². The fourth-order valence-electron chi connectivity index (χ4n) is 2.46. The first-order valence-electron chi connectivity index (χ1n) is 8.28. The summed E-state index contributed by atoms with van der Waals surface area (Å²) in [5.74, 6) is 0.00773. The van der Waals surface area contributed by atoms with Crippen LogP contribution < -0.4 is 9.54 Å². The second-order valence-corrected chi connectivity index (χ2v) is 8.83. The van der Waals surface area contributed by atoms with Gasteiger partial charge in [-0.25, -0.2) is 0 Å². The standard InChI is InChI=1S/C18H17BrN2O4S2/c1-3-24-11-5-6-12-14(9-11)27-18(21(12)10-16(22)25-4-2)20-17(23)13-7-8-15(19)26-13/h5-9H,3-4,10H2,1-2H3. The molecule has 27 heavy (non-hydrogen) atoms. The average molecular weight is 469 g/mol. The van der Waals surface area contributed by atoms with E-state index in [0.29, 0.717) is 22.9 Å². The van der Waals surface area contributed by atoms with E-state index in [1.54, 1.807) is 23.6 Å². The van der Waals surface area contributed by atoms with Gasteiger partial charge in [-0.15, -0.1) is 11.3 Å². The number of hydrogen-bond donors (Lipinski definition) is 0. The van der Waals surface area contributed by atoms with Crippen molar-refractivity contribution in [3.63, 3.8) is 0 Å². The van der Waals surface area contributed by atoms with Crippen LogP contribution in [0.2, 0.25) is 0 Å². The van der Waals surface area contributed by atoms with Crippen molar-refractivity contribution in [2.45, 2.75) is 20.4 Å². The second kappa shape index (κ2) is 8.81. The van der Waals surface area contributed by atoms with Crippen LogP contribution in [0, 0.1) is 0 Å². The zero-order chi connectivity index (χ0) is 19.4. The van der Waals surface area contributed by atoms with Crippen molar-refractivity contribution in [1.29, 1.82) is 0 Å². The molecule has 2 aromatic heterocycles. The van der Waals surface area contributed by atoms with Crippen LogP contribution in [0.4, 0.5) is 0 Å². The molecule has 1 aromatic carbocycles. The monoisotopic (exact) mass is 468 g/mol. The lowest BCUT2D eigenvalue weighted by Crippen LogP contribution is -2.23. The Morgan fingerprint density at radius 3 is 2.63 bits per heavy atom. The van der Waals surface area contributed by atoms with Crippen LogP contribution in [0.3, 0.4) is 0 Å². The van der Waals surface area contributed by atoms with Crippen molar-refractivity contribution in [2.75, 3.05) is 13.2 Å². The van der Waals surface area contributed by atoms with Gasteiger partial charge in [-0.2, -0.15) is 4.99 Å². The quantitative estimate of drug-likeness (QED) is 0.507. The Bertz CT molecular complexity index is 1050. The van der Waals surface area contributed by atoms with E-state index in [1.807, 2.05) is 25.1 Å². The summed E-state index contributed by atoms with van der Waals surface area (Å²) < 4.78 is 14.0. The molecule has 0 spiro atoms. The van der Waals surface area contributed by atoms with E-state index in [2.05, 4.69) is 20.9 Å². The summed E-state index contributed by atoms with van der Waals surface area (Å²) in [5, 5.41) is 0. The molecule has 0 atom stereocenters. The Labute approximate surface area is 172 Å². The van der Waals surface area contributed by atoms with Gasteiger partial charge in [0.1, 0.15) is 12.3 Å². The highest BCUT2D eigenvalue weighted by atomic mass is 79.9. The molecule has 9 heteroatoms. The number of rotatable bonds is 6. The first kappa shape index (κ1) is 19.8. The molecule has 0 saturated heterocycles. The fourth-order valence-corrected chi connectivity index (χ4v) is 4.78. The van der Waals surface area contributed by atoms with Gasteiger partial charge >= 0.3 is 5.97 Å². The summed E-state index contributed by atoms with van der Waals surface area (Å²) >= 11 is 6.00. The van der Waals surface area contributed by atoms with E-state index < -0.39 is 0 Å². The molecule has 0 saturated carbocycles. The van der Waals surface area contributed by atoms with Gasteiger partial charge in [0.25, 0.3) is 5.91 Å². The molecule has 0 unspecified atom stereocenters. The zero-order valence-corrected chi connectivity index (χ0v) is 17.9. The molecular weight excluding hydrogens is 452 g/mol.